The van der Waals surface area contributed by atoms with Crippen molar-refractivity contribution in [1.82, 2.24) is 20.0 Å². The van der Waals surface area contributed by atoms with Gasteiger partial charge in [-0.05, 0) is 57.2 Å². The van der Waals surface area contributed by atoms with Crippen molar-refractivity contribution >= 4 is 35.8 Å². The fraction of sp³-hybridized carbons (Fsp3) is 0.680. The van der Waals surface area contributed by atoms with Gasteiger partial charge in [0.15, 0.2) is 5.96 Å². The third kappa shape index (κ3) is 12.0. The van der Waals surface area contributed by atoms with E-state index in [4.69, 9.17) is 4.74 Å². The molecule has 0 aromatic heterocycles. The molecule has 0 radical (unpaired) electrons. The summed E-state index contributed by atoms with van der Waals surface area (Å²) in [6.07, 6.45) is 5.82. The predicted octanol–water partition coefficient (Wildman–Crippen LogP) is 2.95. The molecule has 0 unspecified atom stereocenters. The smallest absolute Gasteiger partial charge is 0.243 e. The molecule has 1 aliphatic heterocycles. The summed E-state index contributed by atoms with van der Waals surface area (Å²) in [6.45, 7) is 5.92. The number of amides is 1. The minimum atomic E-state index is 0. The lowest BCUT2D eigenvalue weighted by atomic mass is 9.92. The summed E-state index contributed by atoms with van der Waals surface area (Å²) >= 11 is 0. The summed E-state index contributed by atoms with van der Waals surface area (Å²) in [5.41, 5.74) is 1.30. The van der Waals surface area contributed by atoms with E-state index in [2.05, 4.69) is 51.4 Å². The number of aliphatic imine (C=N–C) groups is 1. The molecule has 0 bridgehead atoms. The van der Waals surface area contributed by atoms with Gasteiger partial charge in [0.25, 0.3) is 0 Å². The van der Waals surface area contributed by atoms with Crippen LogP contribution < -0.4 is 5.32 Å². The molecule has 188 valence electrons. The molecule has 1 amide bonds. The van der Waals surface area contributed by atoms with Crippen LogP contribution in [0, 0.1) is 5.92 Å². The summed E-state index contributed by atoms with van der Waals surface area (Å²) in [5.74, 6) is 1.67. The zero-order valence-corrected chi connectivity index (χ0v) is 23.3. The van der Waals surface area contributed by atoms with Crippen LogP contribution in [0.4, 0.5) is 0 Å². The third-order valence-corrected chi connectivity index (χ3v) is 6.15. The highest BCUT2D eigenvalue weighted by atomic mass is 127. The Hall–Kier alpha value is -1.39. The Bertz CT molecular complexity index is 679. The van der Waals surface area contributed by atoms with E-state index in [1.165, 1.54) is 31.2 Å². The number of ether oxygens (including phenoxy) is 1. The van der Waals surface area contributed by atoms with Crippen molar-refractivity contribution in [1.29, 1.82) is 0 Å². The highest BCUT2D eigenvalue weighted by Crippen LogP contribution is 2.22. The van der Waals surface area contributed by atoms with E-state index in [0.29, 0.717) is 0 Å². The van der Waals surface area contributed by atoms with Gasteiger partial charge in [-0.25, -0.2) is 4.99 Å². The molecule has 1 aliphatic rings. The van der Waals surface area contributed by atoms with E-state index in [1.807, 2.05) is 6.07 Å². The monoisotopic (exact) mass is 573 g/mol. The molecule has 0 aliphatic carbocycles. The summed E-state index contributed by atoms with van der Waals surface area (Å²) in [6, 6.07) is 10.5. The number of carbonyl (C=O) groups excluding carboxylic acids is 1. The first kappa shape index (κ1) is 29.6. The third-order valence-electron chi connectivity index (χ3n) is 6.15. The summed E-state index contributed by atoms with van der Waals surface area (Å²) in [7, 11) is 7.48. The summed E-state index contributed by atoms with van der Waals surface area (Å²) in [5, 5.41) is 3.51. The average molecular weight is 574 g/mol. The standard InChI is InChI=1S/C25H43N5O2.HI/c1-28(2)24(31)21-27-25(26-15-12-22-9-6-5-7-10-22)30-17-13-23(14-18-30)11-8-16-29(3)19-20-32-4;/h5-7,9-10,23H,8,11-21H2,1-4H3,(H,26,27);1H. The second-order valence-corrected chi connectivity index (χ2v) is 8.96. The number of likely N-dealkylation sites (tertiary alicyclic amines) is 1. The van der Waals surface area contributed by atoms with Crippen LogP contribution in [0.1, 0.15) is 31.2 Å². The van der Waals surface area contributed by atoms with Crippen LogP contribution in [-0.4, -0.2) is 101 Å². The van der Waals surface area contributed by atoms with E-state index in [-0.39, 0.29) is 36.4 Å². The molecule has 0 atom stereocenters. The first-order chi connectivity index (χ1) is 15.5. The van der Waals surface area contributed by atoms with Gasteiger partial charge in [0.2, 0.25) is 5.91 Å². The Balaban J connectivity index is 0.00000544. The number of benzene rings is 1. The number of rotatable bonds is 12. The van der Waals surface area contributed by atoms with Crippen molar-refractivity contribution in [3.8, 4) is 0 Å². The SMILES string of the molecule is COCCN(C)CCCC1CCN(C(=NCC(=O)N(C)C)NCCc2ccccc2)CC1.I. The van der Waals surface area contributed by atoms with Gasteiger partial charge < -0.3 is 24.8 Å². The van der Waals surface area contributed by atoms with E-state index in [0.717, 1.165) is 57.6 Å². The molecule has 2 rings (SSSR count). The number of nitrogens with zero attached hydrogens (tertiary/aromatic N) is 4. The molecule has 0 spiro atoms. The Morgan fingerprint density at radius 1 is 1.15 bits per heavy atom. The number of methoxy groups -OCH3 is 1. The number of likely N-dealkylation sites (N-methyl/N-ethyl adjacent to an activating group) is 2. The minimum Gasteiger partial charge on any atom is -0.383 e. The van der Waals surface area contributed by atoms with Crippen LogP contribution >= 0.6 is 24.0 Å². The number of halogens is 1. The fourth-order valence-corrected chi connectivity index (χ4v) is 3.96. The lowest BCUT2D eigenvalue weighted by Gasteiger charge is -2.34. The predicted molar refractivity (Wildman–Crippen MR) is 147 cm³/mol. The van der Waals surface area contributed by atoms with Crippen LogP contribution in [-0.2, 0) is 16.0 Å². The largest absolute Gasteiger partial charge is 0.383 e. The Morgan fingerprint density at radius 3 is 2.48 bits per heavy atom. The summed E-state index contributed by atoms with van der Waals surface area (Å²) < 4.78 is 5.16. The second kappa shape index (κ2) is 17.1. The summed E-state index contributed by atoms with van der Waals surface area (Å²) in [4.78, 5) is 23.0. The number of carbonyl (C=O) groups is 1. The fourth-order valence-electron chi connectivity index (χ4n) is 3.96. The normalized spacial score (nSPS) is 14.8. The number of piperidine rings is 1. The molecule has 1 saturated heterocycles. The molecule has 1 heterocycles. The first-order valence-electron chi connectivity index (χ1n) is 11.9. The molecule has 1 fully saturated rings. The number of nitrogens with one attached hydrogen (secondary N) is 1. The van der Waals surface area contributed by atoms with Crippen LogP contribution in [0.2, 0.25) is 0 Å². The van der Waals surface area contributed by atoms with Crippen molar-refractivity contribution in [2.75, 3.05) is 74.1 Å². The van der Waals surface area contributed by atoms with Crippen LogP contribution in [0.3, 0.4) is 0 Å². The minimum absolute atomic E-state index is 0. The lowest BCUT2D eigenvalue weighted by molar-refractivity contribution is -0.127. The zero-order chi connectivity index (χ0) is 23.2. The van der Waals surface area contributed by atoms with Crippen molar-refractivity contribution < 1.29 is 9.53 Å². The lowest BCUT2D eigenvalue weighted by Crippen LogP contribution is -2.46. The van der Waals surface area contributed by atoms with Gasteiger partial charge in [0, 0.05) is 47.4 Å². The molecule has 1 N–H and O–H groups in total. The van der Waals surface area contributed by atoms with E-state index >= 15 is 0 Å². The number of guanidine groups is 1. The molecule has 8 heteroatoms. The number of hydrogen-bond donors (Lipinski definition) is 1. The molecular formula is C25H44IN5O2. The van der Waals surface area contributed by atoms with Crippen LogP contribution in [0.25, 0.3) is 0 Å². The van der Waals surface area contributed by atoms with Gasteiger partial charge in [-0.15, -0.1) is 24.0 Å². The molecule has 33 heavy (non-hydrogen) atoms. The van der Waals surface area contributed by atoms with Gasteiger partial charge in [-0.2, -0.15) is 0 Å². The maximum absolute atomic E-state index is 12.1. The first-order valence-corrected chi connectivity index (χ1v) is 11.9. The number of hydrogen-bond acceptors (Lipinski definition) is 4. The van der Waals surface area contributed by atoms with Gasteiger partial charge in [-0.1, -0.05) is 30.3 Å². The highest BCUT2D eigenvalue weighted by Gasteiger charge is 2.22. The highest BCUT2D eigenvalue weighted by molar-refractivity contribution is 14.0. The zero-order valence-electron chi connectivity index (χ0n) is 21.0. The van der Waals surface area contributed by atoms with Crippen molar-refractivity contribution in [3.05, 3.63) is 35.9 Å². The Morgan fingerprint density at radius 2 is 1.85 bits per heavy atom. The molecule has 1 aromatic carbocycles. The maximum Gasteiger partial charge on any atom is 0.243 e. The van der Waals surface area contributed by atoms with E-state index in [1.54, 1.807) is 26.1 Å². The van der Waals surface area contributed by atoms with E-state index in [9.17, 15) is 4.79 Å². The molecule has 0 saturated carbocycles. The molecule has 7 nitrogen and oxygen atoms in total. The maximum atomic E-state index is 12.1. The molecule has 1 aromatic rings. The van der Waals surface area contributed by atoms with Crippen molar-refractivity contribution in [2.24, 2.45) is 10.9 Å². The van der Waals surface area contributed by atoms with Crippen molar-refractivity contribution in [3.63, 3.8) is 0 Å². The van der Waals surface area contributed by atoms with E-state index < -0.39 is 0 Å². The van der Waals surface area contributed by atoms with Crippen LogP contribution in [0.15, 0.2) is 35.3 Å². The average Bonchev–Trinajstić information content (AvgIpc) is 2.81. The van der Waals surface area contributed by atoms with Gasteiger partial charge >= 0.3 is 0 Å². The van der Waals surface area contributed by atoms with Gasteiger partial charge in [0.05, 0.1) is 6.61 Å². The second-order valence-electron chi connectivity index (χ2n) is 8.96. The quantitative estimate of drug-likeness (QED) is 0.237. The van der Waals surface area contributed by atoms with Gasteiger partial charge in [-0.3, -0.25) is 4.79 Å². The van der Waals surface area contributed by atoms with Crippen LogP contribution in [0.5, 0.6) is 0 Å². The topological polar surface area (TPSA) is 60.4 Å². The molecular weight excluding hydrogens is 529 g/mol. The van der Waals surface area contributed by atoms with Gasteiger partial charge in [0.1, 0.15) is 6.54 Å². The Kier molecular flexibility index (Phi) is 15.4. The Labute approximate surface area is 218 Å². The van der Waals surface area contributed by atoms with Crippen molar-refractivity contribution in [2.45, 2.75) is 32.1 Å².